The van der Waals surface area contributed by atoms with Gasteiger partial charge in [0.1, 0.15) is 0 Å². The van der Waals surface area contributed by atoms with Crippen LogP contribution < -0.4 is 0 Å². The van der Waals surface area contributed by atoms with Gasteiger partial charge in [0.25, 0.3) is 0 Å². The molecule has 2 heteroatoms. The van der Waals surface area contributed by atoms with Gasteiger partial charge in [-0.15, -0.1) is 0 Å². The van der Waals surface area contributed by atoms with Gasteiger partial charge in [-0.1, -0.05) is 6.92 Å². The second-order valence-corrected chi connectivity index (χ2v) is 1.83. The smallest absolute Gasteiger partial charge is 0.150 e. The van der Waals surface area contributed by atoms with Gasteiger partial charge in [0.15, 0.2) is 6.30 Å². The fraction of sp³-hybridized carbons (Fsp3) is 0.833. The fourth-order valence-electron chi connectivity index (χ4n) is 0.433. The molecule has 0 aromatic carbocycles. The number of rotatable bonds is 3. The highest BCUT2D eigenvalue weighted by Crippen LogP contribution is 2.00. The van der Waals surface area contributed by atoms with Gasteiger partial charge in [-0.05, 0) is 20.4 Å². The van der Waals surface area contributed by atoms with Gasteiger partial charge in [0.2, 0.25) is 0 Å². The van der Waals surface area contributed by atoms with E-state index in [4.69, 9.17) is 0 Å². The minimum Gasteiger partial charge on any atom is -0.273 e. The Morgan fingerprint density at radius 3 is 2.38 bits per heavy atom. The lowest BCUT2D eigenvalue weighted by Crippen LogP contribution is -2.21. The molecule has 8 heavy (non-hydrogen) atoms. The minimum atomic E-state index is -0.852. The Labute approximate surface area is 50.5 Å². The molecule has 49 valence electrons. The average molecular weight is 118 g/mol. The lowest BCUT2D eigenvalue weighted by molar-refractivity contribution is 0.156. The molecule has 0 aliphatic carbocycles. The van der Waals surface area contributed by atoms with E-state index in [9.17, 15) is 4.39 Å². The largest absolute Gasteiger partial charge is 0.273 e. The van der Waals surface area contributed by atoms with Crippen LogP contribution >= 0.6 is 0 Å². The molecule has 1 atom stereocenters. The molecule has 0 aromatic heterocycles. The van der Waals surface area contributed by atoms with Crippen molar-refractivity contribution in [2.45, 2.75) is 26.6 Å². The van der Waals surface area contributed by atoms with Crippen LogP contribution in [0.3, 0.4) is 0 Å². The standard InChI is InChI=1S/C6H13FN/c1-4-5-8(3)6(2)7/h5-6H,4H2,1-3H3. The Bertz CT molecular complexity index is 54.5. The second-order valence-electron chi connectivity index (χ2n) is 1.83. The molecule has 0 aliphatic rings. The van der Waals surface area contributed by atoms with Crippen LogP contribution in [0.25, 0.3) is 0 Å². The van der Waals surface area contributed by atoms with Crippen molar-refractivity contribution in [1.29, 1.82) is 0 Å². The molecule has 0 aromatic rings. The summed E-state index contributed by atoms with van der Waals surface area (Å²) in [4.78, 5) is 1.56. The van der Waals surface area contributed by atoms with Crippen LogP contribution in [-0.4, -0.2) is 18.2 Å². The van der Waals surface area contributed by atoms with E-state index in [1.54, 1.807) is 11.9 Å². The lowest BCUT2D eigenvalue weighted by atomic mass is 10.4. The molecule has 0 heterocycles. The summed E-state index contributed by atoms with van der Waals surface area (Å²) in [6.45, 7) is 5.33. The molecule has 1 nitrogen and oxygen atoms in total. The molecular formula is C6H13FN. The number of nitrogens with zero attached hydrogens (tertiary/aromatic N) is 1. The summed E-state index contributed by atoms with van der Waals surface area (Å²) in [7, 11) is 1.73. The van der Waals surface area contributed by atoms with E-state index < -0.39 is 6.30 Å². The maximum absolute atomic E-state index is 12.2. The highest BCUT2D eigenvalue weighted by atomic mass is 19.1. The number of hydrogen-bond donors (Lipinski definition) is 0. The van der Waals surface area contributed by atoms with Gasteiger partial charge in [-0.25, -0.2) is 4.39 Å². The predicted molar refractivity (Wildman–Crippen MR) is 32.9 cm³/mol. The zero-order valence-corrected chi connectivity index (χ0v) is 5.69. The van der Waals surface area contributed by atoms with E-state index in [1.165, 1.54) is 6.92 Å². The van der Waals surface area contributed by atoms with Crippen LogP contribution in [0.4, 0.5) is 4.39 Å². The van der Waals surface area contributed by atoms with Crippen molar-refractivity contribution < 1.29 is 4.39 Å². The predicted octanol–water partition coefficient (Wildman–Crippen LogP) is 1.81. The number of hydrogen-bond acceptors (Lipinski definition) is 1. The summed E-state index contributed by atoms with van der Waals surface area (Å²) in [6, 6.07) is 0. The quantitative estimate of drug-likeness (QED) is 0.511. The SMILES string of the molecule is CC[CH]N(C)C(C)F. The third-order valence-corrected chi connectivity index (χ3v) is 1.03. The first-order valence-corrected chi connectivity index (χ1v) is 2.87. The highest BCUT2D eigenvalue weighted by Gasteiger charge is 2.03. The van der Waals surface area contributed by atoms with E-state index >= 15 is 0 Å². The van der Waals surface area contributed by atoms with E-state index in [2.05, 4.69) is 0 Å². The molecular weight excluding hydrogens is 105 g/mol. The maximum atomic E-state index is 12.2. The van der Waals surface area contributed by atoms with Crippen LogP contribution in [0.15, 0.2) is 0 Å². The van der Waals surface area contributed by atoms with Gasteiger partial charge in [0, 0.05) is 6.54 Å². The zero-order valence-electron chi connectivity index (χ0n) is 5.69. The molecule has 0 saturated carbocycles. The van der Waals surface area contributed by atoms with E-state index in [1.807, 2.05) is 13.5 Å². The van der Waals surface area contributed by atoms with Crippen LogP contribution in [0.5, 0.6) is 0 Å². The summed E-state index contributed by atoms with van der Waals surface area (Å²) in [5, 5.41) is 0. The van der Waals surface area contributed by atoms with Crippen molar-refractivity contribution in [2.75, 3.05) is 7.05 Å². The summed E-state index contributed by atoms with van der Waals surface area (Å²) in [5.74, 6) is 0. The van der Waals surface area contributed by atoms with E-state index in [0.29, 0.717) is 0 Å². The van der Waals surface area contributed by atoms with E-state index in [-0.39, 0.29) is 0 Å². The van der Waals surface area contributed by atoms with Gasteiger partial charge < -0.3 is 0 Å². The minimum absolute atomic E-state index is 0.852. The highest BCUT2D eigenvalue weighted by molar-refractivity contribution is 4.61. The molecule has 0 N–H and O–H groups in total. The molecule has 0 spiro atoms. The number of halogens is 1. The monoisotopic (exact) mass is 118 g/mol. The first-order valence-electron chi connectivity index (χ1n) is 2.87. The van der Waals surface area contributed by atoms with Gasteiger partial charge in [0.05, 0.1) is 0 Å². The van der Waals surface area contributed by atoms with Crippen LogP contribution in [0, 0.1) is 6.54 Å². The Hall–Kier alpha value is -0.110. The molecule has 1 radical (unpaired) electrons. The Balaban J connectivity index is 3.17. The second kappa shape index (κ2) is 3.84. The van der Waals surface area contributed by atoms with Gasteiger partial charge in [-0.3, -0.25) is 4.90 Å². The third kappa shape index (κ3) is 2.97. The molecule has 0 saturated heterocycles. The Kier molecular flexibility index (Phi) is 3.79. The van der Waals surface area contributed by atoms with Crippen LogP contribution in [-0.2, 0) is 0 Å². The van der Waals surface area contributed by atoms with Crippen molar-refractivity contribution in [3.8, 4) is 0 Å². The van der Waals surface area contributed by atoms with Crippen LogP contribution in [0.2, 0.25) is 0 Å². The lowest BCUT2D eigenvalue weighted by Gasteiger charge is -2.15. The topological polar surface area (TPSA) is 3.24 Å². The average Bonchev–Trinajstić information content (AvgIpc) is 1.67. The number of alkyl halides is 1. The van der Waals surface area contributed by atoms with Gasteiger partial charge in [-0.2, -0.15) is 0 Å². The van der Waals surface area contributed by atoms with Crippen molar-refractivity contribution in [3.05, 3.63) is 6.54 Å². The molecule has 0 aliphatic heterocycles. The molecule has 1 unspecified atom stereocenters. The third-order valence-electron chi connectivity index (χ3n) is 1.03. The van der Waals surface area contributed by atoms with Crippen LogP contribution in [0.1, 0.15) is 20.3 Å². The zero-order chi connectivity index (χ0) is 6.57. The van der Waals surface area contributed by atoms with Crippen molar-refractivity contribution >= 4 is 0 Å². The first kappa shape index (κ1) is 7.89. The van der Waals surface area contributed by atoms with Gasteiger partial charge >= 0.3 is 0 Å². The normalized spacial score (nSPS) is 14.6. The molecule has 0 fully saturated rings. The summed E-state index contributed by atoms with van der Waals surface area (Å²) >= 11 is 0. The van der Waals surface area contributed by atoms with Crippen molar-refractivity contribution in [1.82, 2.24) is 4.90 Å². The Morgan fingerprint density at radius 1 is 1.75 bits per heavy atom. The molecule has 0 amide bonds. The first-order chi connectivity index (χ1) is 3.68. The van der Waals surface area contributed by atoms with Crippen molar-refractivity contribution in [3.63, 3.8) is 0 Å². The molecule has 0 bridgehead atoms. The Morgan fingerprint density at radius 2 is 2.25 bits per heavy atom. The van der Waals surface area contributed by atoms with E-state index in [0.717, 1.165) is 6.42 Å². The summed E-state index contributed by atoms with van der Waals surface area (Å²) in [6.07, 6.45) is 0.0417. The fourth-order valence-corrected chi connectivity index (χ4v) is 0.433. The maximum Gasteiger partial charge on any atom is 0.150 e. The van der Waals surface area contributed by atoms with Crippen molar-refractivity contribution in [2.24, 2.45) is 0 Å². The summed E-state index contributed by atoms with van der Waals surface area (Å²) < 4.78 is 12.2. The molecule has 0 rings (SSSR count). The summed E-state index contributed by atoms with van der Waals surface area (Å²) in [5.41, 5.74) is 0.